The number of carbonyl (C=O) groups excluding carboxylic acids is 1. The van der Waals surface area contributed by atoms with Gasteiger partial charge in [0.05, 0.1) is 5.60 Å². The van der Waals surface area contributed by atoms with Gasteiger partial charge in [-0.15, -0.1) is 0 Å². The average Bonchev–Trinajstić information content (AvgIpc) is 2.35. The molecule has 1 saturated carbocycles. The third kappa shape index (κ3) is 5.04. The molecule has 0 aromatic carbocycles. The van der Waals surface area contributed by atoms with Crippen LogP contribution in [0.1, 0.15) is 51.9 Å². The van der Waals surface area contributed by atoms with Crippen LogP contribution in [0.4, 0.5) is 0 Å². The molecule has 0 saturated heterocycles. The van der Waals surface area contributed by atoms with E-state index in [0.717, 1.165) is 31.6 Å². The van der Waals surface area contributed by atoms with Crippen molar-refractivity contribution in [3.63, 3.8) is 0 Å². The van der Waals surface area contributed by atoms with E-state index in [1.54, 1.807) is 0 Å². The van der Waals surface area contributed by atoms with Crippen LogP contribution < -0.4 is 5.32 Å². The van der Waals surface area contributed by atoms with Crippen LogP contribution in [0.15, 0.2) is 0 Å². The number of carbonyl (C=O) groups is 1. The minimum absolute atomic E-state index is 0.0376. The molecule has 0 unspecified atom stereocenters. The van der Waals surface area contributed by atoms with Crippen molar-refractivity contribution in [3.8, 4) is 0 Å². The second-order valence-electron chi connectivity index (χ2n) is 5.18. The molecule has 0 aromatic rings. The molecule has 0 aromatic heterocycles. The molecule has 0 radical (unpaired) electrons. The number of hydrogen-bond donors (Lipinski definition) is 3. The summed E-state index contributed by atoms with van der Waals surface area (Å²) in [7, 11) is 0. The molecular weight excluding hydrogens is 218 g/mol. The van der Waals surface area contributed by atoms with Crippen molar-refractivity contribution in [2.24, 2.45) is 5.92 Å². The maximum Gasteiger partial charge on any atom is 0.220 e. The summed E-state index contributed by atoms with van der Waals surface area (Å²) in [4.78, 5) is 11.4. The summed E-state index contributed by atoms with van der Waals surface area (Å²) in [6, 6.07) is 0. The molecule has 3 N–H and O–H groups in total. The van der Waals surface area contributed by atoms with E-state index in [9.17, 15) is 9.90 Å². The van der Waals surface area contributed by atoms with Crippen molar-refractivity contribution >= 4 is 5.91 Å². The molecule has 0 aliphatic heterocycles. The molecule has 17 heavy (non-hydrogen) atoms. The highest BCUT2D eigenvalue weighted by atomic mass is 16.3. The van der Waals surface area contributed by atoms with Crippen molar-refractivity contribution in [2.45, 2.75) is 57.5 Å². The van der Waals surface area contributed by atoms with Crippen molar-refractivity contribution in [3.05, 3.63) is 0 Å². The fourth-order valence-corrected chi connectivity index (χ4v) is 2.39. The van der Waals surface area contributed by atoms with E-state index in [-0.39, 0.29) is 12.5 Å². The standard InChI is InChI=1S/C13H25NO3/c1-2-11-5-7-13(17,8-6-11)10-14-12(16)4-3-9-15/h11,15,17H,2-10H2,1H3,(H,14,16). The Morgan fingerprint density at radius 1 is 1.41 bits per heavy atom. The molecule has 0 spiro atoms. The summed E-state index contributed by atoms with van der Waals surface area (Å²) < 4.78 is 0. The number of hydrogen-bond acceptors (Lipinski definition) is 3. The van der Waals surface area contributed by atoms with Gasteiger partial charge >= 0.3 is 0 Å². The second-order valence-corrected chi connectivity index (χ2v) is 5.18. The summed E-state index contributed by atoms with van der Waals surface area (Å²) in [5, 5.41) is 21.7. The maximum atomic E-state index is 11.4. The summed E-state index contributed by atoms with van der Waals surface area (Å²) >= 11 is 0. The molecule has 4 nitrogen and oxygen atoms in total. The van der Waals surface area contributed by atoms with Gasteiger partial charge in [-0.1, -0.05) is 13.3 Å². The highest BCUT2D eigenvalue weighted by Crippen LogP contribution is 2.33. The average molecular weight is 243 g/mol. The van der Waals surface area contributed by atoms with Crippen LogP contribution in [0, 0.1) is 5.92 Å². The van der Waals surface area contributed by atoms with Crippen LogP contribution in [-0.4, -0.2) is 34.9 Å². The third-order valence-corrected chi connectivity index (χ3v) is 3.79. The second kappa shape index (κ2) is 6.97. The van der Waals surface area contributed by atoms with E-state index in [1.165, 1.54) is 6.42 Å². The highest BCUT2D eigenvalue weighted by Gasteiger charge is 2.32. The van der Waals surface area contributed by atoms with Crippen LogP contribution in [0.2, 0.25) is 0 Å². The lowest BCUT2D eigenvalue weighted by atomic mass is 9.78. The smallest absolute Gasteiger partial charge is 0.220 e. The lowest BCUT2D eigenvalue weighted by Gasteiger charge is -2.35. The third-order valence-electron chi connectivity index (χ3n) is 3.79. The number of aliphatic hydroxyl groups excluding tert-OH is 1. The van der Waals surface area contributed by atoms with E-state index in [4.69, 9.17) is 5.11 Å². The topological polar surface area (TPSA) is 69.6 Å². The Labute approximate surface area is 103 Å². The number of aliphatic hydroxyl groups is 2. The van der Waals surface area contributed by atoms with Crippen molar-refractivity contribution in [1.29, 1.82) is 0 Å². The van der Waals surface area contributed by atoms with Gasteiger partial charge in [0.25, 0.3) is 0 Å². The lowest BCUT2D eigenvalue weighted by Crippen LogP contribution is -2.45. The van der Waals surface area contributed by atoms with E-state index >= 15 is 0 Å². The Bertz CT molecular complexity index is 235. The predicted octanol–water partition coefficient (Wildman–Crippen LogP) is 1.21. The van der Waals surface area contributed by atoms with Crippen molar-refractivity contribution < 1.29 is 15.0 Å². The number of nitrogens with one attached hydrogen (secondary N) is 1. The molecule has 1 amide bonds. The van der Waals surface area contributed by atoms with Gasteiger partial charge in [0.2, 0.25) is 5.91 Å². The summed E-state index contributed by atoms with van der Waals surface area (Å²) in [5.41, 5.74) is -0.708. The molecule has 0 bridgehead atoms. The van der Waals surface area contributed by atoms with Crippen LogP contribution in [0.25, 0.3) is 0 Å². The zero-order valence-electron chi connectivity index (χ0n) is 10.7. The Morgan fingerprint density at radius 2 is 2.06 bits per heavy atom. The number of amides is 1. The first-order valence-corrected chi connectivity index (χ1v) is 6.69. The van der Waals surface area contributed by atoms with E-state index < -0.39 is 5.60 Å². The fourth-order valence-electron chi connectivity index (χ4n) is 2.39. The van der Waals surface area contributed by atoms with Gasteiger partial charge in [-0.2, -0.15) is 0 Å². The molecule has 1 aliphatic rings. The Balaban J connectivity index is 2.24. The Kier molecular flexibility index (Phi) is 5.92. The van der Waals surface area contributed by atoms with Gasteiger partial charge in [-0.05, 0) is 38.0 Å². The van der Waals surface area contributed by atoms with E-state index in [2.05, 4.69) is 12.2 Å². The van der Waals surface area contributed by atoms with Gasteiger partial charge in [-0.3, -0.25) is 4.79 Å². The Hall–Kier alpha value is -0.610. The van der Waals surface area contributed by atoms with Crippen LogP contribution in [0.5, 0.6) is 0 Å². The van der Waals surface area contributed by atoms with Crippen molar-refractivity contribution in [2.75, 3.05) is 13.2 Å². The molecule has 1 fully saturated rings. The van der Waals surface area contributed by atoms with Gasteiger partial charge in [0.15, 0.2) is 0 Å². The first-order chi connectivity index (χ1) is 8.09. The SMILES string of the molecule is CCC1CCC(O)(CNC(=O)CCCO)CC1. The quantitative estimate of drug-likeness (QED) is 0.656. The highest BCUT2D eigenvalue weighted by molar-refractivity contribution is 5.75. The molecule has 0 atom stereocenters. The van der Waals surface area contributed by atoms with Crippen LogP contribution >= 0.6 is 0 Å². The van der Waals surface area contributed by atoms with Gasteiger partial charge in [0.1, 0.15) is 0 Å². The maximum absolute atomic E-state index is 11.4. The van der Waals surface area contributed by atoms with Crippen molar-refractivity contribution in [1.82, 2.24) is 5.32 Å². The minimum atomic E-state index is -0.708. The Morgan fingerprint density at radius 3 is 2.59 bits per heavy atom. The predicted molar refractivity (Wildman–Crippen MR) is 66.5 cm³/mol. The van der Waals surface area contributed by atoms with Crippen LogP contribution in [-0.2, 0) is 4.79 Å². The summed E-state index contributed by atoms with van der Waals surface area (Å²) in [5.74, 6) is 0.658. The summed E-state index contributed by atoms with van der Waals surface area (Å²) in [6.45, 7) is 2.58. The molecule has 4 heteroatoms. The first kappa shape index (κ1) is 14.5. The zero-order valence-corrected chi connectivity index (χ0v) is 10.7. The largest absolute Gasteiger partial charge is 0.396 e. The van der Waals surface area contributed by atoms with Crippen LogP contribution in [0.3, 0.4) is 0 Å². The van der Waals surface area contributed by atoms with E-state index in [1.807, 2.05) is 0 Å². The van der Waals surface area contributed by atoms with Gasteiger partial charge < -0.3 is 15.5 Å². The molecular formula is C13H25NO3. The molecule has 100 valence electrons. The van der Waals surface area contributed by atoms with Gasteiger partial charge in [0, 0.05) is 19.6 Å². The first-order valence-electron chi connectivity index (χ1n) is 6.69. The normalized spacial score (nSPS) is 29.0. The fraction of sp³-hybridized carbons (Fsp3) is 0.923. The molecule has 0 heterocycles. The molecule has 1 rings (SSSR count). The lowest BCUT2D eigenvalue weighted by molar-refractivity contribution is -0.123. The van der Waals surface area contributed by atoms with E-state index in [0.29, 0.717) is 19.4 Å². The number of rotatable bonds is 6. The minimum Gasteiger partial charge on any atom is -0.396 e. The van der Waals surface area contributed by atoms with Gasteiger partial charge in [-0.25, -0.2) is 0 Å². The summed E-state index contributed by atoms with van der Waals surface area (Å²) in [6.07, 6.45) is 5.68. The monoisotopic (exact) mass is 243 g/mol. The molecule has 1 aliphatic carbocycles. The zero-order chi connectivity index (χ0) is 12.7.